The zero-order chi connectivity index (χ0) is 31.5. The second-order valence-corrected chi connectivity index (χ2v) is 11.9. The SMILES string of the molecule is N[C@@H](CC(=O)NCc1cccc(NC(=O)Cn2c(=O)n(S(=O)(=O)c3ccc(Cl)cc3)c(=O)c3ccc(Cl)cc32)c1)C(=O)O. The monoisotopic (exact) mass is 647 g/mol. The van der Waals surface area contributed by atoms with E-state index in [9.17, 15) is 32.4 Å². The van der Waals surface area contributed by atoms with Gasteiger partial charge in [0.15, 0.2) is 0 Å². The van der Waals surface area contributed by atoms with Crippen molar-refractivity contribution in [1.82, 2.24) is 13.9 Å². The molecule has 0 saturated heterocycles. The fraction of sp³-hybridized carbons (Fsp3) is 0.148. The third-order valence-corrected chi connectivity index (χ3v) is 8.30. The number of amides is 2. The molecule has 5 N–H and O–H groups in total. The number of aromatic nitrogens is 2. The molecule has 0 spiro atoms. The molecule has 43 heavy (non-hydrogen) atoms. The van der Waals surface area contributed by atoms with Crippen molar-refractivity contribution >= 4 is 67.6 Å². The summed E-state index contributed by atoms with van der Waals surface area (Å²) in [6.45, 7) is -0.689. The molecule has 224 valence electrons. The molecule has 1 atom stereocenters. The molecule has 0 radical (unpaired) electrons. The molecule has 2 amide bonds. The summed E-state index contributed by atoms with van der Waals surface area (Å²) in [6, 6.07) is 13.7. The van der Waals surface area contributed by atoms with Crippen LogP contribution in [0.25, 0.3) is 10.9 Å². The molecule has 0 aliphatic rings. The van der Waals surface area contributed by atoms with Gasteiger partial charge in [-0.25, -0.2) is 13.2 Å². The number of hydrogen-bond acceptors (Lipinski definition) is 8. The number of hydrogen-bond donors (Lipinski definition) is 4. The summed E-state index contributed by atoms with van der Waals surface area (Å²) in [5, 5.41) is 14.2. The summed E-state index contributed by atoms with van der Waals surface area (Å²) in [7, 11) is -4.69. The standard InChI is InChI=1S/C27H23Cl2N5O8S/c28-16-4-7-19(8-5-16)43(41,42)34-25(37)20-9-6-17(29)11-22(20)33(27(34)40)14-24(36)32-18-3-1-2-15(10-18)13-31-23(35)12-21(30)26(38)39/h1-11,21H,12-14,30H2,(H,31,35)(H,32,36)(H,38,39)/t21-/m0/s1. The Kier molecular flexibility index (Phi) is 9.35. The van der Waals surface area contributed by atoms with Crippen molar-refractivity contribution in [1.29, 1.82) is 0 Å². The van der Waals surface area contributed by atoms with Crippen LogP contribution in [0.4, 0.5) is 5.69 Å². The van der Waals surface area contributed by atoms with E-state index in [-0.39, 0.29) is 42.0 Å². The molecule has 4 aromatic rings. The molecule has 4 rings (SSSR count). The van der Waals surface area contributed by atoms with E-state index in [1.54, 1.807) is 12.1 Å². The highest BCUT2D eigenvalue weighted by molar-refractivity contribution is 7.90. The van der Waals surface area contributed by atoms with Crippen molar-refractivity contribution in [3.8, 4) is 0 Å². The van der Waals surface area contributed by atoms with Crippen LogP contribution in [0, 0.1) is 0 Å². The molecular weight excluding hydrogens is 625 g/mol. The van der Waals surface area contributed by atoms with Crippen molar-refractivity contribution < 1.29 is 27.9 Å². The average Bonchev–Trinajstić information content (AvgIpc) is 2.94. The van der Waals surface area contributed by atoms with Crippen molar-refractivity contribution in [3.05, 3.63) is 103 Å². The molecule has 0 bridgehead atoms. The number of anilines is 1. The van der Waals surface area contributed by atoms with E-state index in [0.717, 1.165) is 16.7 Å². The van der Waals surface area contributed by atoms with Crippen LogP contribution in [-0.2, 0) is 37.5 Å². The van der Waals surface area contributed by atoms with Gasteiger partial charge in [-0.15, -0.1) is 3.97 Å². The fourth-order valence-corrected chi connectivity index (χ4v) is 5.66. The minimum absolute atomic E-state index is 0.00496. The molecule has 0 aliphatic carbocycles. The Balaban J connectivity index is 1.63. The van der Waals surface area contributed by atoms with Gasteiger partial charge in [-0.1, -0.05) is 35.3 Å². The van der Waals surface area contributed by atoms with Gasteiger partial charge in [-0.3, -0.25) is 23.7 Å². The number of fused-ring (bicyclic) bond motifs is 1. The van der Waals surface area contributed by atoms with E-state index in [1.807, 2.05) is 0 Å². The normalized spacial score (nSPS) is 12.1. The maximum atomic E-state index is 13.5. The maximum absolute atomic E-state index is 13.5. The minimum atomic E-state index is -4.69. The molecular formula is C27H23Cl2N5O8S. The van der Waals surface area contributed by atoms with Crippen LogP contribution in [0.2, 0.25) is 10.0 Å². The Labute approximate surface area is 253 Å². The Morgan fingerprint density at radius 3 is 2.28 bits per heavy atom. The van der Waals surface area contributed by atoms with E-state index in [4.69, 9.17) is 34.0 Å². The van der Waals surface area contributed by atoms with Gasteiger partial charge >= 0.3 is 11.7 Å². The first-order chi connectivity index (χ1) is 20.3. The van der Waals surface area contributed by atoms with E-state index in [0.29, 0.717) is 5.56 Å². The number of carboxylic acid groups (broad SMARTS) is 1. The number of carbonyl (C=O) groups excluding carboxylic acids is 2. The smallest absolute Gasteiger partial charge is 0.346 e. The lowest BCUT2D eigenvalue weighted by molar-refractivity contribution is -0.140. The third-order valence-electron chi connectivity index (χ3n) is 6.15. The molecule has 0 unspecified atom stereocenters. The summed E-state index contributed by atoms with van der Waals surface area (Å²) >= 11 is 11.9. The lowest BCUT2D eigenvalue weighted by Gasteiger charge is -2.15. The zero-order valence-corrected chi connectivity index (χ0v) is 24.3. The predicted octanol–water partition coefficient (Wildman–Crippen LogP) is 1.76. The van der Waals surface area contributed by atoms with Crippen LogP contribution in [0.3, 0.4) is 0 Å². The van der Waals surface area contributed by atoms with Crippen LogP contribution < -0.4 is 27.6 Å². The Bertz CT molecular complexity index is 1970. The number of nitrogens with zero attached hydrogens (tertiary/aromatic N) is 2. The maximum Gasteiger partial charge on any atom is 0.346 e. The van der Waals surface area contributed by atoms with Gasteiger partial charge in [-0.2, -0.15) is 0 Å². The number of nitrogens with one attached hydrogen (secondary N) is 2. The molecule has 0 fully saturated rings. The van der Waals surface area contributed by atoms with Crippen LogP contribution >= 0.6 is 23.2 Å². The summed E-state index contributed by atoms with van der Waals surface area (Å²) in [5.74, 6) is -2.64. The number of carboxylic acids is 1. The van der Waals surface area contributed by atoms with E-state index >= 15 is 0 Å². The molecule has 0 saturated carbocycles. The average molecular weight is 648 g/mol. The van der Waals surface area contributed by atoms with Crippen LogP contribution in [0.1, 0.15) is 12.0 Å². The molecule has 16 heteroatoms. The minimum Gasteiger partial charge on any atom is -0.480 e. The van der Waals surface area contributed by atoms with Crippen LogP contribution in [0.5, 0.6) is 0 Å². The number of benzene rings is 3. The molecule has 0 aliphatic heterocycles. The summed E-state index contributed by atoms with van der Waals surface area (Å²) < 4.78 is 27.7. The lowest BCUT2D eigenvalue weighted by Crippen LogP contribution is -2.45. The lowest BCUT2D eigenvalue weighted by atomic mass is 10.2. The first-order valence-electron chi connectivity index (χ1n) is 12.4. The number of halogens is 2. The Hall–Kier alpha value is -4.50. The zero-order valence-electron chi connectivity index (χ0n) is 22.0. The van der Waals surface area contributed by atoms with Crippen LogP contribution in [-0.4, -0.2) is 45.9 Å². The molecule has 1 aromatic heterocycles. The predicted molar refractivity (Wildman–Crippen MR) is 159 cm³/mol. The summed E-state index contributed by atoms with van der Waals surface area (Å²) in [5.41, 5.74) is 3.71. The molecule has 3 aromatic carbocycles. The second-order valence-electron chi connectivity index (χ2n) is 9.23. The Morgan fingerprint density at radius 2 is 1.60 bits per heavy atom. The second kappa shape index (κ2) is 12.8. The van der Waals surface area contributed by atoms with Crippen molar-refractivity contribution in [2.75, 3.05) is 5.32 Å². The van der Waals surface area contributed by atoms with Gasteiger partial charge in [0.2, 0.25) is 11.8 Å². The van der Waals surface area contributed by atoms with Crippen LogP contribution in [0.15, 0.2) is 81.2 Å². The topological polar surface area (TPSA) is 200 Å². The van der Waals surface area contributed by atoms with Gasteiger partial charge < -0.3 is 21.5 Å². The highest BCUT2D eigenvalue weighted by atomic mass is 35.5. The van der Waals surface area contributed by atoms with Crippen molar-refractivity contribution in [2.24, 2.45) is 5.73 Å². The fourth-order valence-electron chi connectivity index (χ4n) is 4.06. The molecule has 13 nitrogen and oxygen atoms in total. The van der Waals surface area contributed by atoms with E-state index in [2.05, 4.69) is 10.6 Å². The van der Waals surface area contributed by atoms with Gasteiger partial charge in [0, 0.05) is 22.3 Å². The van der Waals surface area contributed by atoms with E-state index < -0.39 is 58.1 Å². The molecule has 1 heterocycles. The first-order valence-corrected chi connectivity index (χ1v) is 14.6. The summed E-state index contributed by atoms with van der Waals surface area (Å²) in [6.07, 6.45) is -0.422. The third kappa shape index (κ3) is 7.11. The number of rotatable bonds is 10. The van der Waals surface area contributed by atoms with Gasteiger partial charge in [0.25, 0.3) is 15.6 Å². The van der Waals surface area contributed by atoms with E-state index in [1.165, 1.54) is 42.5 Å². The van der Waals surface area contributed by atoms with Crippen molar-refractivity contribution in [2.45, 2.75) is 30.4 Å². The van der Waals surface area contributed by atoms with Gasteiger partial charge in [0.1, 0.15) is 12.6 Å². The van der Waals surface area contributed by atoms with Crippen molar-refractivity contribution in [3.63, 3.8) is 0 Å². The highest BCUT2D eigenvalue weighted by Gasteiger charge is 2.26. The largest absolute Gasteiger partial charge is 0.480 e. The Morgan fingerprint density at radius 1 is 0.930 bits per heavy atom. The summed E-state index contributed by atoms with van der Waals surface area (Å²) in [4.78, 5) is 62.3. The highest BCUT2D eigenvalue weighted by Crippen LogP contribution is 2.19. The number of nitrogens with two attached hydrogens (primary N) is 1. The van der Waals surface area contributed by atoms with Gasteiger partial charge in [0.05, 0.1) is 22.2 Å². The number of aliphatic carboxylic acids is 1. The quantitative estimate of drug-likeness (QED) is 0.198. The van der Waals surface area contributed by atoms with Gasteiger partial charge in [-0.05, 0) is 60.2 Å². The number of carbonyl (C=O) groups is 3. The first kappa shape index (κ1) is 31.4.